The lowest BCUT2D eigenvalue weighted by Crippen LogP contribution is -2.39. The summed E-state index contributed by atoms with van der Waals surface area (Å²) in [5.74, 6) is 1.06. The predicted molar refractivity (Wildman–Crippen MR) is 108 cm³/mol. The zero-order valence-corrected chi connectivity index (χ0v) is 17.0. The fourth-order valence-electron chi connectivity index (χ4n) is 3.76. The number of amides is 1. The largest absolute Gasteiger partial charge is 0.351 e. The standard InChI is InChI=1S/C22H25N5O2/c1-14(2)18-12-20(29-26-18)22(28)27-11-5-4-6-19(27)21-17(13-24-15(3)25-21)16-7-9-23-10-8-16/h7-10,12-14,19H,4-6,11H2,1-3H3/t19-/m0/s1. The van der Waals surface area contributed by atoms with E-state index in [-0.39, 0.29) is 23.6 Å². The fourth-order valence-corrected chi connectivity index (χ4v) is 3.76. The summed E-state index contributed by atoms with van der Waals surface area (Å²) in [5, 5.41) is 4.05. The van der Waals surface area contributed by atoms with E-state index >= 15 is 0 Å². The van der Waals surface area contributed by atoms with Crippen molar-refractivity contribution in [2.75, 3.05) is 6.54 Å². The van der Waals surface area contributed by atoms with E-state index in [1.165, 1.54) is 0 Å². The second-order valence-corrected chi connectivity index (χ2v) is 7.73. The molecule has 0 bridgehead atoms. The number of piperidine rings is 1. The molecule has 1 aliphatic heterocycles. The zero-order valence-electron chi connectivity index (χ0n) is 17.0. The number of aryl methyl sites for hydroxylation is 1. The Morgan fingerprint density at radius 3 is 2.76 bits per heavy atom. The Kier molecular flexibility index (Phi) is 5.38. The van der Waals surface area contributed by atoms with Crippen LogP contribution in [0.1, 0.15) is 72.8 Å². The Morgan fingerprint density at radius 2 is 2.03 bits per heavy atom. The van der Waals surface area contributed by atoms with Gasteiger partial charge in [-0.05, 0) is 49.8 Å². The van der Waals surface area contributed by atoms with E-state index in [9.17, 15) is 4.79 Å². The maximum absolute atomic E-state index is 13.3. The molecule has 29 heavy (non-hydrogen) atoms. The summed E-state index contributed by atoms with van der Waals surface area (Å²) in [5.41, 5.74) is 3.59. The minimum Gasteiger partial charge on any atom is -0.351 e. The molecule has 7 nitrogen and oxygen atoms in total. The van der Waals surface area contributed by atoms with Crippen molar-refractivity contribution < 1.29 is 9.32 Å². The normalized spacial score (nSPS) is 17.0. The van der Waals surface area contributed by atoms with Crippen LogP contribution in [-0.4, -0.2) is 37.5 Å². The lowest BCUT2D eigenvalue weighted by molar-refractivity contribution is 0.0564. The predicted octanol–water partition coefficient (Wildman–Crippen LogP) is 4.33. The molecule has 3 aromatic rings. The van der Waals surface area contributed by atoms with Gasteiger partial charge in [0.15, 0.2) is 0 Å². The number of rotatable bonds is 4. The molecule has 0 aliphatic carbocycles. The number of hydrogen-bond acceptors (Lipinski definition) is 6. The number of pyridine rings is 1. The average molecular weight is 391 g/mol. The van der Waals surface area contributed by atoms with E-state index in [0.29, 0.717) is 12.4 Å². The quantitative estimate of drug-likeness (QED) is 0.658. The number of likely N-dealkylation sites (tertiary alicyclic amines) is 1. The molecule has 0 aromatic carbocycles. The zero-order chi connectivity index (χ0) is 20.4. The molecule has 0 spiro atoms. The molecule has 1 amide bonds. The third-order valence-corrected chi connectivity index (χ3v) is 5.34. The van der Waals surface area contributed by atoms with Crippen LogP contribution in [0, 0.1) is 6.92 Å². The van der Waals surface area contributed by atoms with Crippen molar-refractivity contribution in [1.82, 2.24) is 25.0 Å². The van der Waals surface area contributed by atoms with E-state index < -0.39 is 0 Å². The van der Waals surface area contributed by atoms with Crippen LogP contribution in [0.2, 0.25) is 0 Å². The SMILES string of the molecule is Cc1ncc(-c2ccncc2)c([C@@H]2CCCCN2C(=O)c2cc(C(C)C)no2)n1. The van der Waals surface area contributed by atoms with Crippen LogP contribution in [0.3, 0.4) is 0 Å². The molecule has 0 saturated carbocycles. The van der Waals surface area contributed by atoms with Crippen molar-refractivity contribution in [3.63, 3.8) is 0 Å². The van der Waals surface area contributed by atoms with E-state index in [0.717, 1.165) is 41.8 Å². The second-order valence-electron chi connectivity index (χ2n) is 7.73. The molecule has 3 aromatic heterocycles. The van der Waals surface area contributed by atoms with Gasteiger partial charge in [-0.2, -0.15) is 0 Å². The van der Waals surface area contributed by atoms with Crippen LogP contribution in [0.4, 0.5) is 0 Å². The molecule has 0 N–H and O–H groups in total. The number of carbonyl (C=O) groups is 1. The fraction of sp³-hybridized carbons (Fsp3) is 0.409. The smallest absolute Gasteiger partial charge is 0.293 e. The third-order valence-electron chi connectivity index (χ3n) is 5.34. The van der Waals surface area contributed by atoms with Gasteiger partial charge in [0.05, 0.1) is 17.4 Å². The van der Waals surface area contributed by atoms with Crippen LogP contribution in [0.25, 0.3) is 11.1 Å². The molecule has 0 unspecified atom stereocenters. The average Bonchev–Trinajstić information content (AvgIpc) is 3.24. The summed E-state index contributed by atoms with van der Waals surface area (Å²) in [6.45, 7) is 6.60. The van der Waals surface area contributed by atoms with E-state index in [1.807, 2.05) is 44.0 Å². The van der Waals surface area contributed by atoms with E-state index in [4.69, 9.17) is 9.51 Å². The van der Waals surface area contributed by atoms with Gasteiger partial charge in [0.1, 0.15) is 5.82 Å². The summed E-state index contributed by atoms with van der Waals surface area (Å²) in [4.78, 5) is 28.4. The van der Waals surface area contributed by atoms with Crippen molar-refractivity contribution in [2.45, 2.75) is 52.0 Å². The molecule has 4 heterocycles. The number of carbonyl (C=O) groups excluding carboxylic acids is 1. The number of hydrogen-bond donors (Lipinski definition) is 0. The van der Waals surface area contributed by atoms with Gasteiger partial charge in [0, 0.05) is 36.8 Å². The number of aromatic nitrogens is 4. The van der Waals surface area contributed by atoms with Crippen LogP contribution in [0.5, 0.6) is 0 Å². The molecule has 7 heteroatoms. The maximum Gasteiger partial charge on any atom is 0.293 e. The van der Waals surface area contributed by atoms with Crippen molar-refractivity contribution in [1.29, 1.82) is 0 Å². The van der Waals surface area contributed by atoms with Crippen LogP contribution >= 0.6 is 0 Å². The van der Waals surface area contributed by atoms with Gasteiger partial charge >= 0.3 is 0 Å². The monoisotopic (exact) mass is 391 g/mol. The Morgan fingerprint density at radius 1 is 1.24 bits per heavy atom. The van der Waals surface area contributed by atoms with Crippen LogP contribution in [0.15, 0.2) is 41.3 Å². The van der Waals surface area contributed by atoms with Crippen molar-refractivity contribution in [3.8, 4) is 11.1 Å². The highest BCUT2D eigenvalue weighted by Crippen LogP contribution is 2.36. The molecular formula is C22H25N5O2. The molecule has 1 saturated heterocycles. The number of nitrogens with zero attached hydrogens (tertiary/aromatic N) is 5. The first-order valence-electron chi connectivity index (χ1n) is 10.1. The van der Waals surface area contributed by atoms with Crippen LogP contribution < -0.4 is 0 Å². The molecule has 4 rings (SSSR count). The summed E-state index contributed by atoms with van der Waals surface area (Å²) in [7, 11) is 0. The lowest BCUT2D eigenvalue weighted by atomic mass is 9.93. The summed E-state index contributed by atoms with van der Waals surface area (Å²) < 4.78 is 5.38. The molecule has 0 radical (unpaired) electrons. The van der Waals surface area contributed by atoms with Gasteiger partial charge in [-0.3, -0.25) is 9.78 Å². The highest BCUT2D eigenvalue weighted by molar-refractivity contribution is 5.92. The molecule has 1 atom stereocenters. The van der Waals surface area contributed by atoms with Crippen molar-refractivity contribution in [2.24, 2.45) is 0 Å². The Balaban J connectivity index is 1.73. The lowest BCUT2D eigenvalue weighted by Gasteiger charge is -2.35. The summed E-state index contributed by atoms with van der Waals surface area (Å²) in [6.07, 6.45) is 8.21. The molecular weight excluding hydrogens is 366 g/mol. The minimum atomic E-state index is -0.133. The molecule has 1 fully saturated rings. The van der Waals surface area contributed by atoms with Gasteiger partial charge in [-0.25, -0.2) is 9.97 Å². The van der Waals surface area contributed by atoms with Gasteiger partial charge in [0.25, 0.3) is 5.91 Å². The first kappa shape index (κ1) is 19.2. The highest BCUT2D eigenvalue weighted by atomic mass is 16.5. The Bertz CT molecular complexity index is 999. The van der Waals surface area contributed by atoms with Gasteiger partial charge in [-0.1, -0.05) is 19.0 Å². The minimum absolute atomic E-state index is 0.131. The van der Waals surface area contributed by atoms with Crippen molar-refractivity contribution >= 4 is 5.91 Å². The summed E-state index contributed by atoms with van der Waals surface area (Å²) >= 11 is 0. The second kappa shape index (κ2) is 8.11. The Labute approximate surface area is 170 Å². The van der Waals surface area contributed by atoms with Gasteiger partial charge < -0.3 is 9.42 Å². The molecule has 150 valence electrons. The van der Waals surface area contributed by atoms with Gasteiger partial charge in [-0.15, -0.1) is 0 Å². The third kappa shape index (κ3) is 3.90. The summed E-state index contributed by atoms with van der Waals surface area (Å²) in [6, 6.07) is 5.51. The topological polar surface area (TPSA) is 85.0 Å². The molecule has 1 aliphatic rings. The van der Waals surface area contributed by atoms with E-state index in [2.05, 4.69) is 15.1 Å². The Hall–Kier alpha value is -3.09. The first-order valence-corrected chi connectivity index (χ1v) is 10.1. The van der Waals surface area contributed by atoms with Gasteiger partial charge in [0.2, 0.25) is 5.76 Å². The van der Waals surface area contributed by atoms with Crippen molar-refractivity contribution in [3.05, 3.63) is 59.8 Å². The maximum atomic E-state index is 13.3. The first-order chi connectivity index (χ1) is 14.0. The van der Waals surface area contributed by atoms with Crippen LogP contribution in [-0.2, 0) is 0 Å². The highest BCUT2D eigenvalue weighted by Gasteiger charge is 2.33. The van der Waals surface area contributed by atoms with E-state index in [1.54, 1.807) is 18.5 Å².